The number of rotatable bonds is 17. The van der Waals surface area contributed by atoms with Gasteiger partial charge in [0.25, 0.3) is 0 Å². The Kier molecular flexibility index (Phi) is 31.5. The van der Waals surface area contributed by atoms with Gasteiger partial charge in [0.05, 0.1) is 18.3 Å². The summed E-state index contributed by atoms with van der Waals surface area (Å²) in [6.45, 7) is 22.3. The van der Waals surface area contributed by atoms with E-state index >= 15 is 0 Å². The number of hydrogen-bond acceptors (Lipinski definition) is 8. The van der Waals surface area contributed by atoms with Crippen molar-refractivity contribution < 1.29 is 58.5 Å². The number of amides is 1. The van der Waals surface area contributed by atoms with Crippen LogP contribution in [0.15, 0.2) is 53.9 Å². The van der Waals surface area contributed by atoms with Crippen LogP contribution in [0.2, 0.25) is 0 Å². The van der Waals surface area contributed by atoms with E-state index in [1.165, 1.54) is 13.3 Å². The zero-order valence-electron chi connectivity index (χ0n) is 28.3. The van der Waals surface area contributed by atoms with E-state index in [0.717, 1.165) is 30.6 Å². The molecule has 1 aliphatic carbocycles. The first kappa shape index (κ1) is 45.3. The molecule has 1 aromatic carbocycles. The molecule has 1 atom stereocenters. The van der Waals surface area contributed by atoms with Gasteiger partial charge in [-0.3, -0.25) is 9.59 Å². The summed E-state index contributed by atoms with van der Waals surface area (Å²) in [4.78, 5) is 33.0. The van der Waals surface area contributed by atoms with Crippen LogP contribution in [0.4, 0.5) is 0 Å². The van der Waals surface area contributed by atoms with Crippen LogP contribution in [0.3, 0.4) is 0 Å². The van der Waals surface area contributed by atoms with Crippen LogP contribution in [-0.2, 0) is 30.4 Å². The SMILES string of the molecule is C=C1C(=O)C(NCc2ccccc2)=C1NCC(C)C.CC.CCC.CCCCOCOCC(CCC(=O)[O-])NC(C)=O.[Na+]. The number of unbranched alkanes of at least 4 members (excludes halogenated alkanes) is 1. The topological polar surface area (TPSA) is 129 Å². The Hall–Kier alpha value is -2.17. The second-order valence-corrected chi connectivity index (χ2v) is 9.94. The number of allylic oxidation sites excluding steroid dienone is 2. The first-order chi connectivity index (χ1) is 20.1. The van der Waals surface area contributed by atoms with Crippen molar-refractivity contribution in [3.05, 3.63) is 59.4 Å². The Morgan fingerprint density at radius 2 is 1.60 bits per heavy atom. The van der Waals surface area contributed by atoms with E-state index in [1.807, 2.05) is 44.2 Å². The van der Waals surface area contributed by atoms with Crippen molar-refractivity contribution in [3.8, 4) is 0 Å². The van der Waals surface area contributed by atoms with Crippen molar-refractivity contribution in [1.29, 1.82) is 0 Å². The molecule has 0 aromatic heterocycles. The van der Waals surface area contributed by atoms with Gasteiger partial charge in [-0.25, -0.2) is 0 Å². The molecule has 0 spiro atoms. The molecule has 0 saturated heterocycles. The van der Waals surface area contributed by atoms with Crippen molar-refractivity contribution in [2.45, 2.75) is 100 Å². The van der Waals surface area contributed by atoms with E-state index in [9.17, 15) is 19.5 Å². The molecule has 0 bridgehead atoms. The number of benzene rings is 1. The van der Waals surface area contributed by atoms with Gasteiger partial charge in [0, 0.05) is 38.2 Å². The summed E-state index contributed by atoms with van der Waals surface area (Å²) in [6.07, 6.45) is 3.46. The molecule has 2 rings (SSSR count). The molecule has 0 heterocycles. The minimum Gasteiger partial charge on any atom is -0.550 e. The van der Waals surface area contributed by atoms with Crippen LogP contribution in [0.5, 0.6) is 0 Å². The Labute approximate surface area is 282 Å². The van der Waals surface area contributed by atoms with E-state index in [2.05, 4.69) is 57.1 Å². The fourth-order valence-corrected chi connectivity index (χ4v) is 3.25. The number of nitrogens with one attached hydrogen (secondary N) is 3. The van der Waals surface area contributed by atoms with Crippen LogP contribution in [0.25, 0.3) is 0 Å². The number of carboxylic acid groups (broad SMARTS) is 1. The van der Waals surface area contributed by atoms with E-state index in [1.54, 1.807) is 0 Å². The number of carbonyl (C=O) groups is 3. The molecule has 0 aliphatic heterocycles. The van der Waals surface area contributed by atoms with Crippen LogP contribution >= 0.6 is 0 Å². The molecule has 0 fully saturated rings. The molecule has 1 unspecified atom stereocenters. The molecule has 1 amide bonds. The maximum atomic E-state index is 11.8. The molecule has 3 N–H and O–H groups in total. The Morgan fingerprint density at radius 3 is 2.12 bits per heavy atom. The van der Waals surface area contributed by atoms with Gasteiger partial charge in [0.15, 0.2) is 0 Å². The Balaban J connectivity index is -0.000000635. The maximum absolute atomic E-state index is 11.8. The number of Topliss-reactive ketones (excluding diaryl/α,β-unsaturated/α-hetero) is 1. The van der Waals surface area contributed by atoms with Crippen LogP contribution in [0, 0.1) is 5.92 Å². The molecule has 240 valence electrons. The third-order valence-corrected chi connectivity index (χ3v) is 5.28. The molecule has 43 heavy (non-hydrogen) atoms. The summed E-state index contributed by atoms with van der Waals surface area (Å²) < 4.78 is 10.4. The third-order valence-electron chi connectivity index (χ3n) is 5.28. The summed E-state index contributed by atoms with van der Waals surface area (Å²) >= 11 is 0. The summed E-state index contributed by atoms with van der Waals surface area (Å²) in [6, 6.07) is 9.71. The van der Waals surface area contributed by atoms with Gasteiger partial charge in [-0.05, 0) is 30.7 Å². The molecule has 0 saturated carbocycles. The molecule has 9 nitrogen and oxygen atoms in total. The number of carboxylic acids is 1. The van der Waals surface area contributed by atoms with Gasteiger partial charge in [-0.15, -0.1) is 0 Å². The molecule has 1 aliphatic rings. The first-order valence-electron chi connectivity index (χ1n) is 15.2. The van der Waals surface area contributed by atoms with Crippen molar-refractivity contribution >= 4 is 17.7 Å². The molecule has 1 aromatic rings. The third kappa shape index (κ3) is 23.9. The fourth-order valence-electron chi connectivity index (χ4n) is 3.25. The van der Waals surface area contributed by atoms with Crippen LogP contribution in [-0.4, -0.2) is 50.3 Å². The average molecular weight is 614 g/mol. The summed E-state index contributed by atoms with van der Waals surface area (Å²) in [7, 11) is 0. The zero-order chi connectivity index (χ0) is 32.3. The van der Waals surface area contributed by atoms with Crippen molar-refractivity contribution in [1.82, 2.24) is 16.0 Å². The van der Waals surface area contributed by atoms with E-state index in [-0.39, 0.29) is 73.5 Å². The van der Waals surface area contributed by atoms with Gasteiger partial charge < -0.3 is 35.3 Å². The van der Waals surface area contributed by atoms with Gasteiger partial charge in [-0.1, -0.05) is 98.2 Å². The van der Waals surface area contributed by atoms with Crippen molar-refractivity contribution in [2.75, 3.05) is 26.6 Å². The predicted molar refractivity (Wildman–Crippen MR) is 168 cm³/mol. The van der Waals surface area contributed by atoms with Gasteiger partial charge in [0.2, 0.25) is 11.7 Å². The van der Waals surface area contributed by atoms with E-state index in [4.69, 9.17) is 9.47 Å². The number of ketones is 1. The van der Waals surface area contributed by atoms with E-state index < -0.39 is 5.97 Å². The van der Waals surface area contributed by atoms with Crippen LogP contribution < -0.4 is 50.6 Å². The quantitative estimate of drug-likeness (QED) is 0.105. The summed E-state index contributed by atoms with van der Waals surface area (Å²) in [5.74, 6) is -0.799. The van der Waals surface area contributed by atoms with Gasteiger partial charge in [-0.2, -0.15) is 0 Å². The second-order valence-electron chi connectivity index (χ2n) is 9.94. The summed E-state index contributed by atoms with van der Waals surface area (Å²) in [5.41, 5.74) is 3.27. The number of aliphatic carboxylic acids is 1. The van der Waals surface area contributed by atoms with Crippen molar-refractivity contribution in [2.24, 2.45) is 5.92 Å². The second kappa shape index (κ2) is 29.9. The molecular formula is C33H56N3NaO6. The molecule has 10 heteroatoms. The zero-order valence-corrected chi connectivity index (χ0v) is 30.3. The monoisotopic (exact) mass is 613 g/mol. The smallest absolute Gasteiger partial charge is 0.550 e. The molecular weight excluding hydrogens is 557 g/mol. The normalized spacial score (nSPS) is 12.1. The number of hydrogen-bond donors (Lipinski definition) is 3. The minimum absolute atomic E-state index is 0. The van der Waals surface area contributed by atoms with E-state index in [0.29, 0.717) is 30.3 Å². The number of carbonyl (C=O) groups excluding carboxylic acids is 3. The van der Waals surface area contributed by atoms with Crippen LogP contribution in [0.1, 0.15) is 93.1 Å². The Morgan fingerprint density at radius 1 is 1.00 bits per heavy atom. The average Bonchev–Trinajstić information content (AvgIpc) is 2.96. The summed E-state index contributed by atoms with van der Waals surface area (Å²) in [5, 5.41) is 19.5. The van der Waals surface area contributed by atoms with Crippen molar-refractivity contribution in [3.63, 3.8) is 0 Å². The minimum atomic E-state index is -1.13. The molecule has 0 radical (unpaired) electrons. The fraction of sp³-hybridized carbons (Fsp3) is 0.606. The number of ether oxygens (including phenoxy) is 2. The predicted octanol–water partition coefficient (Wildman–Crippen LogP) is 1.63. The largest absolute Gasteiger partial charge is 1.00 e. The maximum Gasteiger partial charge on any atom is 1.00 e. The van der Waals surface area contributed by atoms with Gasteiger partial charge in [0.1, 0.15) is 12.5 Å². The van der Waals surface area contributed by atoms with Gasteiger partial charge >= 0.3 is 29.6 Å². The first-order valence-corrected chi connectivity index (χ1v) is 15.2. The standard InChI is InChI=1S/C16H20N2O.C12H23NO5.C3H8.C2H6.Na/c1-11(2)9-17-14-12(3)16(19)15(14)18-10-13-7-5-4-6-8-13;1-3-4-7-17-9-18-8-11(13-10(2)14)5-6-12(15)16;1-3-2;1-2;/h4-8,11,17-18H,3,9-10H2,1-2H3;11H,3-9H2,1-2H3,(H,13,14)(H,15,16);3H2,1-2H3;1-2H3;/q;;;;+1/p-1. The Bertz CT molecular complexity index is 922.